The van der Waals surface area contributed by atoms with Crippen molar-refractivity contribution < 1.29 is 29.3 Å². The van der Waals surface area contributed by atoms with Crippen LogP contribution in [0.1, 0.15) is 0 Å². The van der Waals surface area contributed by atoms with Crippen LogP contribution in [0.5, 0.6) is 0 Å². The number of allylic oxidation sites excluding steroid dienone is 2. The smallest absolute Gasteiger partial charge is 0.330 e. The van der Waals surface area contributed by atoms with E-state index in [2.05, 4.69) is 9.47 Å². The topological polar surface area (TPSA) is 93.1 Å². The molecular weight excluding hydrogens is 216 g/mol. The fourth-order valence-electron chi connectivity index (χ4n) is 0.657. The minimum atomic E-state index is -0.609. The van der Waals surface area contributed by atoms with Crippen molar-refractivity contribution in [3.05, 3.63) is 24.3 Å². The monoisotopic (exact) mass is 230 g/mol. The number of rotatable bonds is 7. The zero-order chi connectivity index (χ0) is 12.2. The number of ether oxygens (including phenoxy) is 2. The highest BCUT2D eigenvalue weighted by Crippen LogP contribution is 1.85. The van der Waals surface area contributed by atoms with Crippen molar-refractivity contribution in [1.82, 2.24) is 0 Å². The zero-order valence-corrected chi connectivity index (χ0v) is 8.67. The lowest BCUT2D eigenvalue weighted by Gasteiger charge is -1.96. The number of esters is 2. The van der Waals surface area contributed by atoms with Crippen LogP contribution in [-0.2, 0) is 19.1 Å². The van der Waals surface area contributed by atoms with Crippen LogP contribution in [0, 0.1) is 0 Å². The lowest BCUT2D eigenvalue weighted by atomic mass is 10.4. The molecule has 0 aliphatic rings. The Balaban J connectivity index is 3.76. The standard InChI is InChI=1S/C10H14O6/c11-5-7-15-9(13)3-1-2-4-10(14)16-8-6-12/h1-4,11-12H,5-8H2/b3-1+,4-2+. The van der Waals surface area contributed by atoms with E-state index in [-0.39, 0.29) is 26.4 Å². The number of aliphatic hydroxyl groups excluding tert-OH is 2. The summed E-state index contributed by atoms with van der Waals surface area (Å²) in [6, 6.07) is 0. The Labute approximate surface area is 92.8 Å². The van der Waals surface area contributed by atoms with E-state index >= 15 is 0 Å². The fraction of sp³-hybridized carbons (Fsp3) is 0.400. The maximum absolute atomic E-state index is 10.8. The number of aliphatic hydroxyl groups is 2. The Bertz CT molecular complexity index is 240. The quantitative estimate of drug-likeness (QED) is 0.337. The molecule has 0 unspecified atom stereocenters. The van der Waals surface area contributed by atoms with Crippen molar-refractivity contribution in [2.45, 2.75) is 0 Å². The molecule has 0 fully saturated rings. The van der Waals surface area contributed by atoms with E-state index in [0.717, 1.165) is 12.2 Å². The second-order valence-electron chi connectivity index (χ2n) is 2.50. The first-order chi connectivity index (χ1) is 7.70. The van der Waals surface area contributed by atoms with Crippen molar-refractivity contribution in [2.75, 3.05) is 26.4 Å². The molecule has 2 N–H and O–H groups in total. The number of carbonyl (C=O) groups excluding carboxylic acids is 2. The first-order valence-electron chi connectivity index (χ1n) is 4.60. The van der Waals surface area contributed by atoms with Gasteiger partial charge < -0.3 is 19.7 Å². The van der Waals surface area contributed by atoms with Gasteiger partial charge in [-0.2, -0.15) is 0 Å². The Hall–Kier alpha value is -1.66. The molecular formula is C10H14O6. The summed E-state index contributed by atoms with van der Waals surface area (Å²) in [5.74, 6) is -1.22. The van der Waals surface area contributed by atoms with Gasteiger partial charge in [-0.1, -0.05) is 12.2 Å². The molecule has 0 rings (SSSR count). The number of hydrogen-bond acceptors (Lipinski definition) is 6. The number of carbonyl (C=O) groups is 2. The van der Waals surface area contributed by atoms with E-state index < -0.39 is 11.9 Å². The molecule has 0 radical (unpaired) electrons. The largest absolute Gasteiger partial charge is 0.460 e. The van der Waals surface area contributed by atoms with E-state index in [0.29, 0.717) is 0 Å². The average Bonchev–Trinajstić information content (AvgIpc) is 2.29. The molecule has 6 nitrogen and oxygen atoms in total. The molecule has 0 atom stereocenters. The van der Waals surface area contributed by atoms with Gasteiger partial charge in [0.15, 0.2) is 0 Å². The third-order valence-corrected chi connectivity index (χ3v) is 1.25. The van der Waals surface area contributed by atoms with Crippen molar-refractivity contribution in [2.24, 2.45) is 0 Å². The molecule has 0 aromatic rings. The van der Waals surface area contributed by atoms with Gasteiger partial charge >= 0.3 is 11.9 Å². The highest BCUT2D eigenvalue weighted by atomic mass is 16.5. The predicted octanol–water partition coefficient (Wildman–Crippen LogP) is -0.830. The van der Waals surface area contributed by atoms with Crippen molar-refractivity contribution in [3.8, 4) is 0 Å². The molecule has 0 aliphatic heterocycles. The summed E-state index contributed by atoms with van der Waals surface area (Å²) < 4.78 is 9.01. The first-order valence-corrected chi connectivity index (χ1v) is 4.60. The summed E-state index contributed by atoms with van der Waals surface area (Å²) in [4.78, 5) is 21.6. The summed E-state index contributed by atoms with van der Waals surface area (Å²) in [7, 11) is 0. The molecule has 6 heteroatoms. The minimum absolute atomic E-state index is 0.0641. The van der Waals surface area contributed by atoms with Crippen LogP contribution in [0.2, 0.25) is 0 Å². The molecule has 0 spiro atoms. The van der Waals surface area contributed by atoms with Gasteiger partial charge in [0.2, 0.25) is 0 Å². The predicted molar refractivity (Wildman–Crippen MR) is 54.4 cm³/mol. The van der Waals surface area contributed by atoms with Gasteiger partial charge in [0.1, 0.15) is 13.2 Å². The summed E-state index contributed by atoms with van der Waals surface area (Å²) in [6.45, 7) is -0.595. The molecule has 0 aromatic carbocycles. The van der Waals surface area contributed by atoms with Gasteiger partial charge in [-0.25, -0.2) is 9.59 Å². The van der Waals surface area contributed by atoms with Gasteiger partial charge in [0.25, 0.3) is 0 Å². The lowest BCUT2D eigenvalue weighted by molar-refractivity contribution is -0.139. The van der Waals surface area contributed by atoms with E-state index in [4.69, 9.17) is 10.2 Å². The van der Waals surface area contributed by atoms with Crippen molar-refractivity contribution in [1.29, 1.82) is 0 Å². The van der Waals surface area contributed by atoms with Gasteiger partial charge in [-0.3, -0.25) is 0 Å². The van der Waals surface area contributed by atoms with Crippen LogP contribution < -0.4 is 0 Å². The maximum atomic E-state index is 10.8. The third kappa shape index (κ3) is 8.92. The van der Waals surface area contributed by atoms with Crippen LogP contribution in [0.25, 0.3) is 0 Å². The van der Waals surface area contributed by atoms with Crippen molar-refractivity contribution in [3.63, 3.8) is 0 Å². The summed E-state index contributed by atoms with van der Waals surface area (Å²) in [6.07, 6.45) is 4.82. The van der Waals surface area contributed by atoms with Gasteiger partial charge in [0.05, 0.1) is 13.2 Å². The maximum Gasteiger partial charge on any atom is 0.330 e. The highest BCUT2D eigenvalue weighted by Gasteiger charge is 1.95. The highest BCUT2D eigenvalue weighted by molar-refractivity contribution is 5.84. The summed E-state index contributed by atoms with van der Waals surface area (Å²) in [5, 5.41) is 16.7. The van der Waals surface area contributed by atoms with Crippen molar-refractivity contribution >= 4 is 11.9 Å². The van der Waals surface area contributed by atoms with E-state index in [1.54, 1.807) is 0 Å². The summed E-state index contributed by atoms with van der Waals surface area (Å²) in [5.41, 5.74) is 0. The molecule has 0 bridgehead atoms. The van der Waals surface area contributed by atoms with Crippen LogP contribution in [0.15, 0.2) is 24.3 Å². The second-order valence-corrected chi connectivity index (χ2v) is 2.50. The zero-order valence-electron chi connectivity index (χ0n) is 8.67. The molecule has 16 heavy (non-hydrogen) atoms. The number of hydrogen-bond donors (Lipinski definition) is 2. The SMILES string of the molecule is O=C(/C=C/C=C/C(=O)OCCO)OCCO. The Kier molecular flexibility index (Phi) is 8.85. The Morgan fingerprint density at radius 1 is 0.875 bits per heavy atom. The molecule has 0 saturated heterocycles. The fourth-order valence-corrected chi connectivity index (χ4v) is 0.657. The first kappa shape index (κ1) is 14.3. The molecule has 0 aromatic heterocycles. The van der Waals surface area contributed by atoms with E-state index in [1.165, 1.54) is 12.2 Å². The van der Waals surface area contributed by atoms with Crippen LogP contribution in [0.3, 0.4) is 0 Å². The Morgan fingerprint density at radius 2 is 1.25 bits per heavy atom. The van der Waals surface area contributed by atoms with Crippen LogP contribution in [0.4, 0.5) is 0 Å². The molecule has 90 valence electrons. The van der Waals surface area contributed by atoms with E-state index in [1.807, 2.05) is 0 Å². The summed E-state index contributed by atoms with van der Waals surface area (Å²) >= 11 is 0. The van der Waals surface area contributed by atoms with E-state index in [9.17, 15) is 9.59 Å². The van der Waals surface area contributed by atoms with Crippen LogP contribution in [-0.4, -0.2) is 48.6 Å². The van der Waals surface area contributed by atoms with Gasteiger partial charge in [-0.15, -0.1) is 0 Å². The molecule has 0 aliphatic carbocycles. The minimum Gasteiger partial charge on any atom is -0.460 e. The van der Waals surface area contributed by atoms with Crippen LogP contribution >= 0.6 is 0 Å². The normalized spacial score (nSPS) is 10.9. The lowest BCUT2D eigenvalue weighted by Crippen LogP contribution is -2.05. The van der Waals surface area contributed by atoms with Gasteiger partial charge in [0, 0.05) is 12.2 Å². The second kappa shape index (κ2) is 9.88. The Morgan fingerprint density at radius 3 is 1.56 bits per heavy atom. The molecule has 0 amide bonds. The average molecular weight is 230 g/mol. The molecule has 0 heterocycles. The van der Waals surface area contributed by atoms with Gasteiger partial charge in [-0.05, 0) is 0 Å². The third-order valence-electron chi connectivity index (χ3n) is 1.25. The molecule has 0 saturated carbocycles.